The number of hydrogen-bond acceptors (Lipinski definition) is 6. The Bertz CT molecular complexity index is 1250. The molecule has 1 aliphatic rings. The summed E-state index contributed by atoms with van der Waals surface area (Å²) in [5.74, 6) is -0.272. The largest absolute Gasteiger partial charge is 0.444 e. The number of nitrogens with zero attached hydrogens (tertiary/aromatic N) is 3. The van der Waals surface area contributed by atoms with Gasteiger partial charge in [0.15, 0.2) is 5.82 Å². The summed E-state index contributed by atoms with van der Waals surface area (Å²) in [6, 6.07) is 8.66. The number of benzene rings is 2. The number of likely N-dealkylation sites (tertiary alicyclic amines) is 1. The van der Waals surface area contributed by atoms with Crippen molar-refractivity contribution in [3.63, 3.8) is 0 Å². The van der Waals surface area contributed by atoms with Crippen molar-refractivity contribution in [1.29, 1.82) is 0 Å². The van der Waals surface area contributed by atoms with Crippen molar-refractivity contribution < 1.29 is 18.7 Å². The topological polar surface area (TPSA) is 76.6 Å². The standard InChI is InChI=1S/C24H25Cl2FN4O3/c1-23(2,3)34-22(32)31-10-9-24(12-31,33-4)14-5-7-17-15(11-14)21(29-13-28-17)30-18-8-6-16(25)19(26)20(18)27/h5-8,11,13H,9-10,12H2,1-4H3,(H,28,29,30). The molecule has 1 saturated heterocycles. The fourth-order valence-electron chi connectivity index (χ4n) is 3.97. The van der Waals surface area contributed by atoms with Crippen LogP contribution in [0.2, 0.25) is 10.0 Å². The van der Waals surface area contributed by atoms with Crippen LogP contribution in [-0.4, -0.2) is 46.8 Å². The van der Waals surface area contributed by atoms with Crippen LogP contribution < -0.4 is 5.32 Å². The molecule has 7 nitrogen and oxygen atoms in total. The molecule has 1 aliphatic heterocycles. The number of carbonyl (C=O) groups excluding carboxylic acids is 1. The number of halogens is 3. The fraction of sp³-hybridized carbons (Fsp3) is 0.375. The van der Waals surface area contributed by atoms with Gasteiger partial charge in [-0.05, 0) is 50.6 Å². The highest BCUT2D eigenvalue weighted by molar-refractivity contribution is 6.42. The van der Waals surface area contributed by atoms with Crippen molar-refractivity contribution in [2.75, 3.05) is 25.5 Å². The summed E-state index contributed by atoms with van der Waals surface area (Å²) in [6.07, 6.45) is 1.60. The maximum Gasteiger partial charge on any atom is 0.410 e. The summed E-state index contributed by atoms with van der Waals surface area (Å²) in [5.41, 5.74) is 0.331. The van der Waals surface area contributed by atoms with E-state index in [0.717, 1.165) is 5.56 Å². The molecule has 2 aromatic carbocycles. The second kappa shape index (κ2) is 9.17. The molecule has 1 unspecified atom stereocenters. The van der Waals surface area contributed by atoms with E-state index in [9.17, 15) is 9.18 Å². The Morgan fingerprint density at radius 3 is 2.68 bits per heavy atom. The molecular weight excluding hydrogens is 482 g/mol. The van der Waals surface area contributed by atoms with Gasteiger partial charge < -0.3 is 19.7 Å². The molecule has 1 amide bonds. The molecule has 0 bridgehead atoms. The normalized spacial score (nSPS) is 18.4. The molecule has 10 heteroatoms. The predicted molar refractivity (Wildman–Crippen MR) is 130 cm³/mol. The monoisotopic (exact) mass is 506 g/mol. The Morgan fingerprint density at radius 1 is 1.21 bits per heavy atom. The van der Waals surface area contributed by atoms with Gasteiger partial charge in [-0.2, -0.15) is 0 Å². The maximum absolute atomic E-state index is 14.6. The lowest BCUT2D eigenvalue weighted by Gasteiger charge is -2.29. The third-order valence-corrected chi connectivity index (χ3v) is 6.51. The number of carbonyl (C=O) groups is 1. The van der Waals surface area contributed by atoms with Gasteiger partial charge in [-0.15, -0.1) is 0 Å². The summed E-state index contributed by atoms with van der Waals surface area (Å²) < 4.78 is 26.1. The number of hydrogen-bond donors (Lipinski definition) is 1. The first kappa shape index (κ1) is 24.4. The minimum absolute atomic E-state index is 0.123. The molecular formula is C24H25Cl2FN4O3. The Hall–Kier alpha value is -2.68. The van der Waals surface area contributed by atoms with Gasteiger partial charge in [0.2, 0.25) is 0 Å². The van der Waals surface area contributed by atoms with Gasteiger partial charge in [0.1, 0.15) is 23.3 Å². The SMILES string of the molecule is COC1(c2ccc3ncnc(Nc4ccc(Cl)c(Cl)c4F)c3c2)CCN(C(=O)OC(C)(C)C)C1. The van der Waals surface area contributed by atoms with Gasteiger partial charge in [-0.25, -0.2) is 19.2 Å². The highest BCUT2D eigenvalue weighted by atomic mass is 35.5. The molecule has 0 spiro atoms. The molecule has 0 aliphatic carbocycles. The highest BCUT2D eigenvalue weighted by Crippen LogP contribution is 2.38. The number of methoxy groups -OCH3 is 1. The first-order valence-corrected chi connectivity index (χ1v) is 11.5. The molecule has 1 atom stereocenters. The van der Waals surface area contributed by atoms with E-state index < -0.39 is 17.0 Å². The molecule has 1 aromatic heterocycles. The van der Waals surface area contributed by atoms with Crippen molar-refractivity contribution >= 4 is 51.7 Å². The smallest absolute Gasteiger partial charge is 0.410 e. The second-order valence-corrected chi connectivity index (χ2v) is 9.94. The van der Waals surface area contributed by atoms with Crippen molar-refractivity contribution in [3.8, 4) is 0 Å². The summed E-state index contributed by atoms with van der Waals surface area (Å²) in [6.45, 7) is 6.32. The van der Waals surface area contributed by atoms with Crippen LogP contribution in [0.3, 0.4) is 0 Å². The Labute approximate surface area is 207 Å². The first-order chi connectivity index (χ1) is 16.0. The third-order valence-electron chi connectivity index (χ3n) is 5.72. The zero-order valence-electron chi connectivity index (χ0n) is 19.3. The Kier molecular flexibility index (Phi) is 6.59. The van der Waals surface area contributed by atoms with E-state index in [-0.39, 0.29) is 21.8 Å². The van der Waals surface area contributed by atoms with E-state index in [2.05, 4.69) is 15.3 Å². The second-order valence-electron chi connectivity index (χ2n) is 9.15. The van der Waals surface area contributed by atoms with Gasteiger partial charge >= 0.3 is 6.09 Å². The average Bonchev–Trinajstić information content (AvgIpc) is 3.24. The van der Waals surface area contributed by atoms with E-state index in [1.165, 1.54) is 18.5 Å². The molecule has 0 radical (unpaired) electrons. The van der Waals surface area contributed by atoms with Crippen molar-refractivity contribution in [2.24, 2.45) is 0 Å². The summed E-state index contributed by atoms with van der Waals surface area (Å²) in [7, 11) is 1.62. The Balaban J connectivity index is 1.68. The Morgan fingerprint density at radius 2 is 1.97 bits per heavy atom. The van der Waals surface area contributed by atoms with E-state index in [0.29, 0.717) is 36.2 Å². The van der Waals surface area contributed by atoms with Crippen LogP contribution >= 0.6 is 23.2 Å². The molecule has 4 rings (SSSR count). The van der Waals surface area contributed by atoms with Gasteiger partial charge in [-0.3, -0.25) is 0 Å². The average molecular weight is 507 g/mol. The number of ether oxygens (including phenoxy) is 2. The lowest BCUT2D eigenvalue weighted by molar-refractivity contribution is -0.0129. The number of rotatable bonds is 4. The number of anilines is 2. The van der Waals surface area contributed by atoms with Crippen LogP contribution in [0.4, 0.5) is 20.7 Å². The lowest BCUT2D eigenvalue weighted by atomic mass is 9.91. The van der Waals surface area contributed by atoms with Crippen molar-refractivity contribution in [3.05, 3.63) is 58.1 Å². The van der Waals surface area contributed by atoms with Crippen molar-refractivity contribution in [2.45, 2.75) is 38.4 Å². The lowest BCUT2D eigenvalue weighted by Crippen LogP contribution is -2.38. The van der Waals surface area contributed by atoms with Gasteiger partial charge in [0.25, 0.3) is 0 Å². The number of fused-ring (bicyclic) bond motifs is 1. The van der Waals surface area contributed by atoms with Crippen LogP contribution in [0.25, 0.3) is 10.9 Å². The van der Waals surface area contributed by atoms with E-state index in [4.69, 9.17) is 32.7 Å². The van der Waals surface area contributed by atoms with Crippen molar-refractivity contribution in [1.82, 2.24) is 14.9 Å². The molecule has 3 aromatic rings. The third kappa shape index (κ3) is 4.76. The minimum atomic E-state index is -0.729. The van der Waals surface area contributed by atoms with Crippen LogP contribution in [0, 0.1) is 5.82 Å². The molecule has 2 heterocycles. The van der Waals surface area contributed by atoms with E-state index in [1.54, 1.807) is 12.0 Å². The summed E-state index contributed by atoms with van der Waals surface area (Å²) in [4.78, 5) is 22.9. The first-order valence-electron chi connectivity index (χ1n) is 10.7. The summed E-state index contributed by atoms with van der Waals surface area (Å²) >= 11 is 11.9. The summed E-state index contributed by atoms with van der Waals surface area (Å²) in [5, 5.41) is 3.61. The van der Waals surface area contributed by atoms with Crippen LogP contribution in [0.1, 0.15) is 32.8 Å². The zero-order chi connectivity index (χ0) is 24.7. The van der Waals surface area contributed by atoms with Crippen LogP contribution in [-0.2, 0) is 15.1 Å². The highest BCUT2D eigenvalue weighted by Gasteiger charge is 2.43. The molecule has 1 fully saturated rings. The maximum atomic E-state index is 14.6. The van der Waals surface area contributed by atoms with Gasteiger partial charge in [0, 0.05) is 25.5 Å². The number of amides is 1. The number of aromatic nitrogens is 2. The fourth-order valence-corrected chi connectivity index (χ4v) is 4.28. The molecule has 180 valence electrons. The molecule has 34 heavy (non-hydrogen) atoms. The quantitative estimate of drug-likeness (QED) is 0.418. The van der Waals surface area contributed by atoms with Crippen LogP contribution in [0.15, 0.2) is 36.7 Å². The van der Waals surface area contributed by atoms with Crippen LogP contribution in [0.5, 0.6) is 0 Å². The molecule has 0 saturated carbocycles. The zero-order valence-corrected chi connectivity index (χ0v) is 20.8. The van der Waals surface area contributed by atoms with Gasteiger partial charge in [0.05, 0.1) is 27.8 Å². The van der Waals surface area contributed by atoms with E-state index in [1.807, 2.05) is 39.0 Å². The van der Waals surface area contributed by atoms with E-state index >= 15 is 0 Å². The minimum Gasteiger partial charge on any atom is -0.444 e. The molecule has 1 N–H and O–H groups in total. The number of nitrogens with one attached hydrogen (secondary N) is 1. The predicted octanol–water partition coefficient (Wildman–Crippen LogP) is 6.30. The van der Waals surface area contributed by atoms with Gasteiger partial charge in [-0.1, -0.05) is 29.3 Å².